The SMILES string of the molecule is C=CCn1c(COc2ccc(F)cc2)nnc1SCC(=O)Nc1cc(C)ccc1C. The molecule has 1 N–H and O–H groups in total. The number of anilines is 1. The quantitative estimate of drug-likeness (QED) is 0.402. The number of rotatable bonds is 9. The number of ether oxygens (including phenoxy) is 1. The second kappa shape index (κ2) is 10.1. The lowest BCUT2D eigenvalue weighted by Crippen LogP contribution is -2.15. The molecule has 0 aliphatic heterocycles. The first-order valence-corrected chi connectivity index (χ1v) is 10.4. The molecule has 0 saturated heterocycles. The summed E-state index contributed by atoms with van der Waals surface area (Å²) in [6.07, 6.45) is 1.73. The van der Waals surface area contributed by atoms with E-state index in [1.165, 1.54) is 23.9 Å². The van der Waals surface area contributed by atoms with E-state index in [-0.39, 0.29) is 24.1 Å². The Morgan fingerprint density at radius 1 is 1.23 bits per heavy atom. The van der Waals surface area contributed by atoms with E-state index in [9.17, 15) is 9.18 Å². The van der Waals surface area contributed by atoms with Crippen LogP contribution in [0.2, 0.25) is 0 Å². The second-order valence-electron chi connectivity index (χ2n) is 6.70. The first-order chi connectivity index (χ1) is 14.5. The normalized spacial score (nSPS) is 10.6. The Hall–Kier alpha value is -3.13. The van der Waals surface area contributed by atoms with Crippen molar-refractivity contribution in [1.82, 2.24) is 14.8 Å². The minimum atomic E-state index is -0.324. The average Bonchev–Trinajstić information content (AvgIpc) is 3.11. The molecule has 3 rings (SSSR count). The van der Waals surface area contributed by atoms with Crippen LogP contribution in [0.1, 0.15) is 17.0 Å². The van der Waals surface area contributed by atoms with E-state index in [2.05, 4.69) is 22.1 Å². The van der Waals surface area contributed by atoms with Crippen LogP contribution in [0.3, 0.4) is 0 Å². The van der Waals surface area contributed by atoms with Gasteiger partial charge in [-0.2, -0.15) is 0 Å². The zero-order chi connectivity index (χ0) is 21.5. The molecule has 3 aromatic rings. The molecule has 0 bridgehead atoms. The number of carbonyl (C=O) groups is 1. The van der Waals surface area contributed by atoms with Crippen molar-refractivity contribution in [2.75, 3.05) is 11.1 Å². The van der Waals surface area contributed by atoms with Gasteiger partial charge in [-0.3, -0.25) is 9.36 Å². The summed E-state index contributed by atoms with van der Waals surface area (Å²) >= 11 is 1.29. The van der Waals surface area contributed by atoms with E-state index in [4.69, 9.17) is 4.74 Å². The lowest BCUT2D eigenvalue weighted by atomic mass is 10.1. The molecule has 0 aliphatic rings. The fraction of sp³-hybridized carbons (Fsp3) is 0.227. The third kappa shape index (κ3) is 5.70. The molecule has 0 fully saturated rings. The van der Waals surface area contributed by atoms with Gasteiger partial charge < -0.3 is 10.1 Å². The highest BCUT2D eigenvalue weighted by Crippen LogP contribution is 2.21. The van der Waals surface area contributed by atoms with Crippen molar-refractivity contribution in [3.63, 3.8) is 0 Å². The summed E-state index contributed by atoms with van der Waals surface area (Å²) in [6.45, 7) is 8.36. The predicted molar refractivity (Wildman–Crippen MR) is 116 cm³/mol. The van der Waals surface area contributed by atoms with Crippen molar-refractivity contribution < 1.29 is 13.9 Å². The largest absolute Gasteiger partial charge is 0.486 e. The van der Waals surface area contributed by atoms with Crippen molar-refractivity contribution in [3.8, 4) is 5.75 Å². The van der Waals surface area contributed by atoms with Crippen LogP contribution in [0.15, 0.2) is 60.3 Å². The summed E-state index contributed by atoms with van der Waals surface area (Å²) in [4.78, 5) is 12.4. The Morgan fingerprint density at radius 2 is 2.00 bits per heavy atom. The molecule has 0 aliphatic carbocycles. The molecule has 0 saturated carbocycles. The van der Waals surface area contributed by atoms with Gasteiger partial charge in [-0.05, 0) is 55.3 Å². The van der Waals surface area contributed by atoms with E-state index >= 15 is 0 Å². The van der Waals surface area contributed by atoms with Crippen LogP contribution in [-0.2, 0) is 17.9 Å². The zero-order valence-electron chi connectivity index (χ0n) is 16.9. The number of hydrogen-bond donors (Lipinski definition) is 1. The minimum Gasteiger partial charge on any atom is -0.486 e. The summed E-state index contributed by atoms with van der Waals surface area (Å²) in [5.41, 5.74) is 2.90. The van der Waals surface area contributed by atoms with Gasteiger partial charge >= 0.3 is 0 Å². The maximum absolute atomic E-state index is 13.0. The standard InChI is InChI=1S/C22H23FN4O2S/c1-4-11-27-20(13-29-18-9-7-17(23)8-10-18)25-26-22(27)30-14-21(28)24-19-12-15(2)5-6-16(19)3/h4-10,12H,1,11,13-14H2,2-3H3,(H,24,28). The Bertz CT molecular complexity index is 1030. The predicted octanol–water partition coefficient (Wildman–Crippen LogP) is 4.53. The number of nitrogens with one attached hydrogen (secondary N) is 1. The van der Waals surface area contributed by atoms with Crippen molar-refractivity contribution in [2.45, 2.75) is 32.2 Å². The molecule has 0 unspecified atom stereocenters. The van der Waals surface area contributed by atoms with Crippen LogP contribution in [0.4, 0.5) is 10.1 Å². The van der Waals surface area contributed by atoms with E-state index < -0.39 is 0 Å². The van der Waals surface area contributed by atoms with Gasteiger partial charge in [-0.25, -0.2) is 4.39 Å². The van der Waals surface area contributed by atoms with Gasteiger partial charge in [0, 0.05) is 12.2 Å². The molecular weight excluding hydrogens is 403 g/mol. The number of thioether (sulfide) groups is 1. The highest BCUT2D eigenvalue weighted by atomic mass is 32.2. The van der Waals surface area contributed by atoms with Crippen LogP contribution in [0.5, 0.6) is 5.75 Å². The van der Waals surface area contributed by atoms with Crippen molar-refractivity contribution in [3.05, 3.63) is 77.9 Å². The second-order valence-corrected chi connectivity index (χ2v) is 7.64. The Kier molecular flexibility index (Phi) is 7.24. The number of allylic oxidation sites excluding steroid dienone is 1. The molecule has 0 atom stereocenters. The van der Waals surface area contributed by atoms with Crippen molar-refractivity contribution >= 4 is 23.4 Å². The molecule has 6 nitrogen and oxygen atoms in total. The summed E-state index contributed by atoms with van der Waals surface area (Å²) < 4.78 is 20.5. The number of nitrogens with zero attached hydrogens (tertiary/aromatic N) is 3. The van der Waals surface area contributed by atoms with E-state index in [0.29, 0.717) is 23.3 Å². The summed E-state index contributed by atoms with van der Waals surface area (Å²) in [7, 11) is 0. The Morgan fingerprint density at radius 3 is 2.73 bits per heavy atom. The molecule has 2 aromatic carbocycles. The third-order valence-electron chi connectivity index (χ3n) is 4.29. The number of amides is 1. The fourth-order valence-electron chi connectivity index (χ4n) is 2.71. The molecule has 8 heteroatoms. The number of benzene rings is 2. The average molecular weight is 427 g/mol. The van der Waals surface area contributed by atoms with Crippen molar-refractivity contribution in [1.29, 1.82) is 0 Å². The lowest BCUT2D eigenvalue weighted by Gasteiger charge is -2.10. The van der Waals surface area contributed by atoms with Gasteiger partial charge in [0.2, 0.25) is 5.91 Å². The van der Waals surface area contributed by atoms with E-state index in [0.717, 1.165) is 16.8 Å². The van der Waals surface area contributed by atoms with Crippen LogP contribution in [0.25, 0.3) is 0 Å². The zero-order valence-corrected chi connectivity index (χ0v) is 17.7. The lowest BCUT2D eigenvalue weighted by molar-refractivity contribution is -0.113. The molecule has 0 radical (unpaired) electrons. The molecule has 1 amide bonds. The molecule has 1 aromatic heterocycles. The Labute approximate surface area is 179 Å². The number of carbonyl (C=O) groups excluding carboxylic acids is 1. The molecule has 30 heavy (non-hydrogen) atoms. The van der Waals surface area contributed by atoms with Gasteiger partial charge in [0.15, 0.2) is 11.0 Å². The van der Waals surface area contributed by atoms with Gasteiger partial charge in [-0.1, -0.05) is 30.0 Å². The first kappa shape index (κ1) is 21.6. The van der Waals surface area contributed by atoms with Gasteiger partial charge in [0.05, 0.1) is 5.75 Å². The fourth-order valence-corrected chi connectivity index (χ4v) is 3.48. The number of hydrogen-bond acceptors (Lipinski definition) is 5. The van der Waals surface area contributed by atoms with Crippen LogP contribution in [0, 0.1) is 19.7 Å². The molecule has 1 heterocycles. The first-order valence-electron chi connectivity index (χ1n) is 9.37. The smallest absolute Gasteiger partial charge is 0.234 e. The van der Waals surface area contributed by atoms with E-state index in [1.54, 1.807) is 18.2 Å². The maximum Gasteiger partial charge on any atom is 0.234 e. The van der Waals surface area contributed by atoms with Gasteiger partial charge in [0.25, 0.3) is 0 Å². The highest BCUT2D eigenvalue weighted by molar-refractivity contribution is 7.99. The molecule has 0 spiro atoms. The number of aryl methyl sites for hydroxylation is 2. The van der Waals surface area contributed by atoms with Gasteiger partial charge in [-0.15, -0.1) is 16.8 Å². The van der Waals surface area contributed by atoms with E-state index in [1.807, 2.05) is 36.6 Å². The van der Waals surface area contributed by atoms with Crippen molar-refractivity contribution in [2.24, 2.45) is 0 Å². The molecular formula is C22H23FN4O2S. The molecule has 156 valence electrons. The number of aromatic nitrogens is 3. The number of halogens is 1. The summed E-state index contributed by atoms with van der Waals surface area (Å²) in [5, 5.41) is 11.9. The highest BCUT2D eigenvalue weighted by Gasteiger charge is 2.14. The minimum absolute atomic E-state index is 0.119. The topological polar surface area (TPSA) is 69.0 Å². The summed E-state index contributed by atoms with van der Waals surface area (Å²) in [6, 6.07) is 11.7. The Balaban J connectivity index is 1.62. The maximum atomic E-state index is 13.0. The summed E-state index contributed by atoms with van der Waals surface area (Å²) in [5.74, 6) is 0.880. The van der Waals surface area contributed by atoms with Crippen LogP contribution in [-0.4, -0.2) is 26.4 Å². The van der Waals surface area contributed by atoms with Gasteiger partial charge in [0.1, 0.15) is 18.2 Å². The van der Waals surface area contributed by atoms with Crippen LogP contribution < -0.4 is 10.1 Å². The third-order valence-corrected chi connectivity index (χ3v) is 5.25. The van der Waals surface area contributed by atoms with Crippen LogP contribution >= 0.6 is 11.8 Å². The monoisotopic (exact) mass is 426 g/mol.